The van der Waals surface area contributed by atoms with Gasteiger partial charge < -0.3 is 5.32 Å². The van der Waals surface area contributed by atoms with Crippen LogP contribution in [0.1, 0.15) is 27.2 Å². The molecule has 0 spiro atoms. The standard InChI is InChI=1S/C11H16N4/c1-6-4-9(6)10-13-11-8(3)12-5-7(2)15(11)14-10/h5-6,9,11H,4H2,1-3H3,(H,13,14). The lowest BCUT2D eigenvalue weighted by molar-refractivity contribution is 0.333. The van der Waals surface area contributed by atoms with Crippen LogP contribution in [0, 0.1) is 11.8 Å². The lowest BCUT2D eigenvalue weighted by Gasteiger charge is -2.26. The first-order valence-electron chi connectivity index (χ1n) is 5.52. The molecule has 4 nitrogen and oxygen atoms in total. The Balaban J connectivity index is 1.87. The van der Waals surface area contributed by atoms with Gasteiger partial charge in [-0.05, 0) is 26.2 Å². The molecule has 15 heavy (non-hydrogen) atoms. The van der Waals surface area contributed by atoms with Crippen LogP contribution in [0.4, 0.5) is 0 Å². The Bertz CT molecular complexity index is 393. The van der Waals surface area contributed by atoms with Crippen molar-refractivity contribution in [1.82, 2.24) is 10.3 Å². The summed E-state index contributed by atoms with van der Waals surface area (Å²) in [7, 11) is 0. The van der Waals surface area contributed by atoms with E-state index >= 15 is 0 Å². The van der Waals surface area contributed by atoms with Crippen molar-refractivity contribution < 1.29 is 0 Å². The molecule has 1 fully saturated rings. The highest BCUT2D eigenvalue weighted by molar-refractivity contribution is 5.97. The van der Waals surface area contributed by atoms with Crippen molar-refractivity contribution in [3.63, 3.8) is 0 Å². The molecule has 1 N–H and O–H groups in total. The molecule has 80 valence electrons. The van der Waals surface area contributed by atoms with Gasteiger partial charge in [0.2, 0.25) is 0 Å². The molecule has 0 bridgehead atoms. The Hall–Kier alpha value is -1.32. The molecule has 0 radical (unpaired) electrons. The van der Waals surface area contributed by atoms with Crippen LogP contribution in [0.15, 0.2) is 22.0 Å². The second-order valence-electron chi connectivity index (χ2n) is 4.74. The number of allylic oxidation sites excluding steroid dienone is 1. The lowest BCUT2D eigenvalue weighted by Crippen LogP contribution is -2.44. The first-order valence-corrected chi connectivity index (χ1v) is 5.52. The number of hydrogen-bond donors (Lipinski definition) is 1. The second-order valence-corrected chi connectivity index (χ2v) is 4.74. The van der Waals surface area contributed by atoms with Crippen LogP contribution in [0.3, 0.4) is 0 Å². The molecule has 0 saturated heterocycles. The van der Waals surface area contributed by atoms with E-state index < -0.39 is 0 Å². The summed E-state index contributed by atoms with van der Waals surface area (Å²) in [4.78, 5) is 4.36. The number of amidine groups is 1. The fourth-order valence-electron chi connectivity index (χ4n) is 2.18. The minimum atomic E-state index is 0.165. The second kappa shape index (κ2) is 2.84. The first-order chi connectivity index (χ1) is 7.16. The maximum atomic E-state index is 4.64. The molecule has 3 unspecified atom stereocenters. The smallest absolute Gasteiger partial charge is 0.160 e. The Labute approximate surface area is 89.8 Å². The maximum Gasteiger partial charge on any atom is 0.160 e. The van der Waals surface area contributed by atoms with E-state index in [-0.39, 0.29) is 6.17 Å². The highest BCUT2D eigenvalue weighted by Crippen LogP contribution is 2.40. The molecule has 0 aromatic heterocycles. The summed E-state index contributed by atoms with van der Waals surface area (Å²) in [5.41, 5.74) is 2.20. The van der Waals surface area contributed by atoms with E-state index in [1.165, 1.54) is 6.42 Å². The van der Waals surface area contributed by atoms with Crippen molar-refractivity contribution in [2.45, 2.75) is 33.4 Å². The van der Waals surface area contributed by atoms with Crippen molar-refractivity contribution in [2.75, 3.05) is 0 Å². The summed E-state index contributed by atoms with van der Waals surface area (Å²) in [6.07, 6.45) is 3.32. The topological polar surface area (TPSA) is 40.0 Å². The van der Waals surface area contributed by atoms with Crippen LogP contribution in [-0.2, 0) is 0 Å². The third-order valence-electron chi connectivity index (χ3n) is 3.42. The largest absolute Gasteiger partial charge is 0.346 e. The van der Waals surface area contributed by atoms with Gasteiger partial charge in [0.25, 0.3) is 0 Å². The molecule has 2 heterocycles. The van der Waals surface area contributed by atoms with E-state index in [2.05, 4.69) is 22.3 Å². The molecule has 3 atom stereocenters. The Kier molecular flexibility index (Phi) is 1.69. The van der Waals surface area contributed by atoms with Gasteiger partial charge in [0.15, 0.2) is 6.17 Å². The van der Waals surface area contributed by atoms with Crippen LogP contribution < -0.4 is 5.32 Å². The zero-order chi connectivity index (χ0) is 10.6. The van der Waals surface area contributed by atoms with Gasteiger partial charge in [-0.3, -0.25) is 4.99 Å². The Morgan fingerprint density at radius 1 is 1.47 bits per heavy atom. The third-order valence-corrected chi connectivity index (χ3v) is 3.42. The van der Waals surface area contributed by atoms with Gasteiger partial charge in [0.05, 0.1) is 11.4 Å². The van der Waals surface area contributed by atoms with E-state index in [9.17, 15) is 0 Å². The van der Waals surface area contributed by atoms with Gasteiger partial charge in [0.1, 0.15) is 5.84 Å². The SMILES string of the molecule is CC1=CN=C(C)C2NC(C3CC3C)=NN12. The number of rotatable bonds is 1. The fourth-order valence-corrected chi connectivity index (χ4v) is 2.18. The highest BCUT2D eigenvalue weighted by Gasteiger charge is 2.43. The third kappa shape index (κ3) is 1.28. The molecular formula is C11H16N4. The van der Waals surface area contributed by atoms with Gasteiger partial charge in [0, 0.05) is 12.1 Å². The first kappa shape index (κ1) is 8.95. The fraction of sp³-hybridized carbons (Fsp3) is 0.636. The molecule has 4 heteroatoms. The molecule has 3 rings (SSSR count). The Morgan fingerprint density at radius 2 is 2.20 bits per heavy atom. The van der Waals surface area contributed by atoms with E-state index in [1.807, 2.05) is 25.1 Å². The monoisotopic (exact) mass is 204 g/mol. The van der Waals surface area contributed by atoms with Gasteiger partial charge in [-0.1, -0.05) is 6.92 Å². The van der Waals surface area contributed by atoms with Crippen LogP contribution in [0.2, 0.25) is 0 Å². The number of nitrogens with one attached hydrogen (secondary N) is 1. The molecular weight excluding hydrogens is 188 g/mol. The van der Waals surface area contributed by atoms with Gasteiger partial charge in [-0.2, -0.15) is 5.10 Å². The van der Waals surface area contributed by atoms with Crippen LogP contribution >= 0.6 is 0 Å². The summed E-state index contributed by atoms with van der Waals surface area (Å²) in [5, 5.41) is 10.2. The number of nitrogens with zero attached hydrogens (tertiary/aromatic N) is 3. The predicted octanol–water partition coefficient (Wildman–Crippen LogP) is 1.52. The summed E-state index contributed by atoms with van der Waals surface area (Å²) >= 11 is 0. The van der Waals surface area contributed by atoms with Crippen molar-refractivity contribution >= 4 is 11.5 Å². The van der Waals surface area contributed by atoms with Gasteiger partial charge in [-0.25, -0.2) is 5.01 Å². The molecule has 0 aromatic rings. The van der Waals surface area contributed by atoms with Gasteiger partial charge >= 0.3 is 0 Å². The predicted molar refractivity (Wildman–Crippen MR) is 60.3 cm³/mol. The number of aliphatic imine (C=N–C) groups is 1. The van der Waals surface area contributed by atoms with Crippen molar-refractivity contribution in [3.05, 3.63) is 11.9 Å². The van der Waals surface area contributed by atoms with E-state index in [0.717, 1.165) is 23.2 Å². The average Bonchev–Trinajstić information content (AvgIpc) is 2.79. The van der Waals surface area contributed by atoms with E-state index in [1.54, 1.807) is 0 Å². The van der Waals surface area contributed by atoms with Crippen LogP contribution in [0.25, 0.3) is 0 Å². The summed E-state index contributed by atoms with van der Waals surface area (Å²) in [5.74, 6) is 2.59. The quantitative estimate of drug-likeness (QED) is 0.703. The minimum absolute atomic E-state index is 0.165. The zero-order valence-corrected chi connectivity index (χ0v) is 9.36. The zero-order valence-electron chi connectivity index (χ0n) is 9.36. The number of hydrazone groups is 1. The minimum Gasteiger partial charge on any atom is -0.346 e. The molecule has 1 aliphatic carbocycles. The van der Waals surface area contributed by atoms with Gasteiger partial charge in [-0.15, -0.1) is 0 Å². The highest BCUT2D eigenvalue weighted by atomic mass is 15.6. The van der Waals surface area contributed by atoms with Crippen LogP contribution in [0.5, 0.6) is 0 Å². The van der Waals surface area contributed by atoms with Crippen molar-refractivity contribution in [2.24, 2.45) is 21.9 Å². The molecule has 0 aromatic carbocycles. The summed E-state index contributed by atoms with van der Waals surface area (Å²) in [6, 6.07) is 0. The lowest BCUT2D eigenvalue weighted by atomic mass is 10.2. The average molecular weight is 204 g/mol. The normalized spacial score (nSPS) is 37.7. The van der Waals surface area contributed by atoms with E-state index in [4.69, 9.17) is 0 Å². The molecule has 2 aliphatic heterocycles. The maximum absolute atomic E-state index is 4.64. The summed E-state index contributed by atoms with van der Waals surface area (Å²) < 4.78 is 0. The summed E-state index contributed by atoms with van der Waals surface area (Å²) in [6.45, 7) is 6.37. The van der Waals surface area contributed by atoms with Crippen molar-refractivity contribution in [1.29, 1.82) is 0 Å². The number of hydrogen-bond acceptors (Lipinski definition) is 4. The van der Waals surface area contributed by atoms with Crippen LogP contribution in [-0.4, -0.2) is 22.7 Å². The molecule has 3 aliphatic rings. The Morgan fingerprint density at radius 3 is 2.80 bits per heavy atom. The molecule has 1 saturated carbocycles. The van der Waals surface area contributed by atoms with Crippen molar-refractivity contribution in [3.8, 4) is 0 Å². The molecule has 0 amide bonds. The number of fused-ring (bicyclic) bond motifs is 1. The van der Waals surface area contributed by atoms with E-state index in [0.29, 0.717) is 5.92 Å².